The third-order valence-corrected chi connectivity index (χ3v) is 4.35. The molecule has 0 unspecified atom stereocenters. The molecule has 0 bridgehead atoms. The summed E-state index contributed by atoms with van der Waals surface area (Å²) in [5, 5.41) is 2.83. The zero-order valence-electron chi connectivity index (χ0n) is 12.9. The molecule has 24 heavy (non-hydrogen) atoms. The van der Waals surface area contributed by atoms with Crippen LogP contribution in [0.2, 0.25) is 0 Å². The van der Waals surface area contributed by atoms with Crippen molar-refractivity contribution in [2.45, 2.75) is 6.42 Å². The van der Waals surface area contributed by atoms with Gasteiger partial charge >= 0.3 is 0 Å². The minimum Gasteiger partial charge on any atom is -0.494 e. The number of aromatic nitrogens is 1. The first-order chi connectivity index (χ1) is 11.7. The van der Waals surface area contributed by atoms with E-state index in [1.165, 1.54) is 11.3 Å². The number of nitrogens with zero attached hydrogens (tertiary/aromatic N) is 1. The van der Waals surface area contributed by atoms with E-state index in [-0.39, 0.29) is 5.01 Å². The van der Waals surface area contributed by atoms with Crippen LogP contribution in [0.15, 0.2) is 54.6 Å². The second-order valence-electron chi connectivity index (χ2n) is 5.09. The van der Waals surface area contributed by atoms with Crippen LogP contribution in [0.4, 0.5) is 0 Å². The van der Waals surface area contributed by atoms with Crippen LogP contribution in [0.3, 0.4) is 0 Å². The Morgan fingerprint density at radius 3 is 2.58 bits per heavy atom. The Morgan fingerprint density at radius 2 is 1.79 bits per heavy atom. The number of amides is 1. The molecule has 3 aromatic rings. The van der Waals surface area contributed by atoms with Crippen LogP contribution in [-0.2, 0) is 4.79 Å². The highest BCUT2D eigenvalue weighted by molar-refractivity contribution is 7.20. The quantitative estimate of drug-likeness (QED) is 0.408. The molecule has 6 heteroatoms. The van der Waals surface area contributed by atoms with E-state index < -0.39 is 11.7 Å². The van der Waals surface area contributed by atoms with Crippen LogP contribution in [-0.4, -0.2) is 29.8 Å². The fourth-order valence-corrected chi connectivity index (χ4v) is 3.03. The number of Topliss-reactive ketones (excluding diaryl/α,β-unsaturated/α-hetero) is 1. The minimum absolute atomic E-state index is 0.217. The molecule has 0 atom stereocenters. The molecule has 0 saturated carbocycles. The first kappa shape index (κ1) is 16.1. The smallest absolute Gasteiger partial charge is 0.294 e. The van der Waals surface area contributed by atoms with Crippen molar-refractivity contribution in [2.75, 3.05) is 13.2 Å². The number of carbonyl (C=O) groups excluding carboxylic acids is 2. The van der Waals surface area contributed by atoms with E-state index >= 15 is 0 Å². The van der Waals surface area contributed by atoms with E-state index in [0.29, 0.717) is 19.6 Å². The number of hydrogen-bond acceptors (Lipinski definition) is 5. The van der Waals surface area contributed by atoms with Crippen LogP contribution >= 0.6 is 11.3 Å². The molecule has 3 rings (SSSR count). The van der Waals surface area contributed by atoms with Crippen LogP contribution in [0.25, 0.3) is 10.2 Å². The average molecular weight is 340 g/mol. The average Bonchev–Trinajstić information content (AvgIpc) is 3.05. The van der Waals surface area contributed by atoms with Crippen LogP contribution in [0.1, 0.15) is 16.2 Å². The third-order valence-electron chi connectivity index (χ3n) is 3.31. The van der Waals surface area contributed by atoms with Gasteiger partial charge in [-0.3, -0.25) is 9.59 Å². The fourth-order valence-electron chi connectivity index (χ4n) is 2.13. The van der Waals surface area contributed by atoms with Gasteiger partial charge in [0.1, 0.15) is 5.75 Å². The summed E-state index contributed by atoms with van der Waals surface area (Å²) in [4.78, 5) is 28.2. The van der Waals surface area contributed by atoms with Gasteiger partial charge in [-0.2, -0.15) is 0 Å². The molecule has 0 aliphatic rings. The summed E-state index contributed by atoms with van der Waals surface area (Å²) in [5.74, 6) is -0.441. The van der Waals surface area contributed by atoms with Crippen molar-refractivity contribution in [3.8, 4) is 5.75 Å². The predicted octanol–water partition coefficient (Wildman–Crippen LogP) is 3.06. The molecule has 1 aromatic heterocycles. The number of fused-ring (bicyclic) bond motifs is 1. The first-order valence-electron chi connectivity index (χ1n) is 7.60. The lowest BCUT2D eigenvalue weighted by atomic mass is 10.3. The van der Waals surface area contributed by atoms with E-state index in [9.17, 15) is 9.59 Å². The number of ketones is 1. The Morgan fingerprint density at radius 1 is 1.04 bits per heavy atom. The van der Waals surface area contributed by atoms with Gasteiger partial charge in [-0.1, -0.05) is 30.3 Å². The second kappa shape index (κ2) is 7.70. The van der Waals surface area contributed by atoms with E-state index in [1.54, 1.807) is 0 Å². The topological polar surface area (TPSA) is 68.3 Å². The van der Waals surface area contributed by atoms with Crippen molar-refractivity contribution < 1.29 is 14.3 Å². The number of rotatable bonds is 7. The van der Waals surface area contributed by atoms with Gasteiger partial charge in [0.05, 0.1) is 16.8 Å². The van der Waals surface area contributed by atoms with Crippen LogP contribution in [0, 0.1) is 0 Å². The SMILES string of the molecule is O=C(NCCCOc1ccccc1)C(=O)c1nc2ccccc2s1. The molecule has 122 valence electrons. The van der Waals surface area contributed by atoms with Gasteiger partial charge in [-0.25, -0.2) is 4.98 Å². The lowest BCUT2D eigenvalue weighted by molar-refractivity contribution is -0.117. The monoisotopic (exact) mass is 340 g/mol. The van der Waals surface area contributed by atoms with Gasteiger partial charge in [0.2, 0.25) is 0 Å². The number of thiazole rings is 1. The molecule has 0 spiro atoms. The summed E-state index contributed by atoms with van der Waals surface area (Å²) in [7, 11) is 0. The Bertz CT molecular complexity index is 813. The molecule has 0 aliphatic heterocycles. The van der Waals surface area contributed by atoms with Crippen molar-refractivity contribution in [2.24, 2.45) is 0 Å². The largest absolute Gasteiger partial charge is 0.494 e. The summed E-state index contributed by atoms with van der Waals surface area (Å²) in [6.45, 7) is 0.849. The van der Waals surface area contributed by atoms with E-state index in [0.717, 1.165) is 16.0 Å². The molecular weight excluding hydrogens is 324 g/mol. The number of nitrogens with one attached hydrogen (secondary N) is 1. The molecule has 0 fully saturated rings. The van der Waals surface area contributed by atoms with E-state index in [1.807, 2.05) is 54.6 Å². The summed E-state index contributed by atoms with van der Waals surface area (Å²) in [6, 6.07) is 16.9. The van der Waals surface area contributed by atoms with Crippen molar-refractivity contribution in [3.05, 3.63) is 59.6 Å². The summed E-state index contributed by atoms with van der Waals surface area (Å²) < 4.78 is 6.42. The van der Waals surface area contributed by atoms with Crippen molar-refractivity contribution in [1.29, 1.82) is 0 Å². The highest BCUT2D eigenvalue weighted by Gasteiger charge is 2.19. The van der Waals surface area contributed by atoms with Gasteiger partial charge in [0, 0.05) is 6.54 Å². The number of para-hydroxylation sites is 2. The van der Waals surface area contributed by atoms with Crippen molar-refractivity contribution >= 4 is 33.2 Å². The maximum Gasteiger partial charge on any atom is 0.294 e. The molecular formula is C18H16N2O3S. The van der Waals surface area contributed by atoms with Crippen LogP contribution < -0.4 is 10.1 Å². The first-order valence-corrected chi connectivity index (χ1v) is 8.41. The van der Waals surface area contributed by atoms with Crippen LogP contribution in [0.5, 0.6) is 5.75 Å². The zero-order chi connectivity index (χ0) is 16.8. The maximum atomic E-state index is 12.1. The molecule has 0 aliphatic carbocycles. The van der Waals surface area contributed by atoms with Gasteiger partial charge in [-0.15, -0.1) is 11.3 Å². The standard InChI is InChI=1S/C18H16N2O3S/c21-16(18-20-14-9-4-5-10-15(14)24-18)17(22)19-11-6-12-23-13-7-2-1-3-8-13/h1-5,7-10H,6,11-12H2,(H,19,22). The Balaban J connectivity index is 1.45. The predicted molar refractivity (Wildman–Crippen MR) is 93.5 cm³/mol. The van der Waals surface area contributed by atoms with Crippen molar-refractivity contribution in [1.82, 2.24) is 10.3 Å². The van der Waals surface area contributed by atoms with Gasteiger partial charge < -0.3 is 10.1 Å². The van der Waals surface area contributed by atoms with Crippen molar-refractivity contribution in [3.63, 3.8) is 0 Å². The number of benzene rings is 2. The highest BCUT2D eigenvalue weighted by Crippen LogP contribution is 2.21. The Hall–Kier alpha value is -2.73. The highest BCUT2D eigenvalue weighted by atomic mass is 32.1. The molecule has 2 aromatic carbocycles. The molecule has 1 amide bonds. The van der Waals surface area contributed by atoms with E-state index in [4.69, 9.17) is 4.74 Å². The minimum atomic E-state index is -0.631. The molecule has 5 nitrogen and oxygen atoms in total. The number of hydrogen-bond donors (Lipinski definition) is 1. The second-order valence-corrected chi connectivity index (χ2v) is 6.12. The maximum absolute atomic E-state index is 12.1. The summed E-state index contributed by atoms with van der Waals surface area (Å²) in [6.07, 6.45) is 0.619. The zero-order valence-corrected chi connectivity index (χ0v) is 13.7. The summed E-state index contributed by atoms with van der Waals surface area (Å²) >= 11 is 1.23. The lowest BCUT2D eigenvalue weighted by Crippen LogP contribution is -2.32. The summed E-state index contributed by atoms with van der Waals surface area (Å²) in [5.41, 5.74) is 0.731. The molecule has 0 radical (unpaired) electrons. The Labute approximate surface area is 143 Å². The third kappa shape index (κ3) is 3.97. The fraction of sp³-hybridized carbons (Fsp3) is 0.167. The Kier molecular flexibility index (Phi) is 5.18. The number of ether oxygens (including phenoxy) is 1. The molecule has 1 N–H and O–H groups in total. The molecule has 0 saturated heterocycles. The number of carbonyl (C=O) groups is 2. The lowest BCUT2D eigenvalue weighted by Gasteiger charge is -2.06. The van der Waals surface area contributed by atoms with E-state index in [2.05, 4.69) is 10.3 Å². The van der Waals surface area contributed by atoms with Gasteiger partial charge in [0.25, 0.3) is 11.7 Å². The molecule has 1 heterocycles. The van der Waals surface area contributed by atoms with Gasteiger partial charge in [0.15, 0.2) is 5.01 Å². The van der Waals surface area contributed by atoms with Gasteiger partial charge in [-0.05, 0) is 30.7 Å². The normalized spacial score (nSPS) is 10.5.